The van der Waals surface area contributed by atoms with Gasteiger partial charge in [0.25, 0.3) is 0 Å². The third-order valence-corrected chi connectivity index (χ3v) is 10.1. The van der Waals surface area contributed by atoms with E-state index < -0.39 is 0 Å². The number of amides is 1. The van der Waals surface area contributed by atoms with Gasteiger partial charge in [0.1, 0.15) is 11.6 Å². The van der Waals surface area contributed by atoms with Crippen molar-refractivity contribution in [1.82, 2.24) is 4.90 Å². The monoisotopic (exact) mass is 455 g/mol. The molecule has 0 aromatic rings. The fraction of sp³-hybridized carbons (Fsp3) is 0.897. The van der Waals surface area contributed by atoms with Gasteiger partial charge in [0.15, 0.2) is 0 Å². The number of carbonyl (C=O) groups is 3. The lowest BCUT2D eigenvalue weighted by atomic mass is 9.66. The van der Waals surface area contributed by atoms with E-state index >= 15 is 0 Å². The molecule has 33 heavy (non-hydrogen) atoms. The number of hydrogen-bond donors (Lipinski definition) is 0. The van der Waals surface area contributed by atoms with Crippen molar-refractivity contribution in [2.75, 3.05) is 13.1 Å². The number of ketones is 2. The zero-order chi connectivity index (χ0) is 23.0. The zero-order valence-electron chi connectivity index (χ0n) is 20.9. The summed E-state index contributed by atoms with van der Waals surface area (Å²) in [5.41, 5.74) is -0.0855. The maximum atomic E-state index is 13.2. The quantitative estimate of drug-likeness (QED) is 0.453. The molecule has 4 saturated carbocycles. The molecule has 1 amide bonds. The Balaban J connectivity index is 1.04. The Labute approximate surface area is 200 Å². The Kier molecular flexibility index (Phi) is 7.00. The van der Waals surface area contributed by atoms with E-state index in [4.69, 9.17) is 0 Å². The van der Waals surface area contributed by atoms with Gasteiger partial charge in [-0.2, -0.15) is 0 Å². The van der Waals surface area contributed by atoms with Gasteiger partial charge in [-0.15, -0.1) is 0 Å². The molecule has 184 valence electrons. The second-order valence-corrected chi connectivity index (χ2v) is 12.8. The van der Waals surface area contributed by atoms with E-state index in [0.717, 1.165) is 82.2 Å². The average Bonchev–Trinajstić information content (AvgIpc) is 3.77. The zero-order valence-corrected chi connectivity index (χ0v) is 20.9. The Bertz CT molecular complexity index is 736. The summed E-state index contributed by atoms with van der Waals surface area (Å²) in [6, 6.07) is 0. The number of nitrogens with zero attached hydrogens (tertiary/aromatic N) is 1. The second kappa shape index (κ2) is 9.82. The Morgan fingerprint density at radius 1 is 0.727 bits per heavy atom. The molecule has 0 aromatic carbocycles. The first-order valence-electron chi connectivity index (χ1n) is 14.3. The summed E-state index contributed by atoms with van der Waals surface area (Å²) in [5.74, 6) is 4.70. The highest BCUT2D eigenvalue weighted by atomic mass is 16.2. The highest BCUT2D eigenvalue weighted by molar-refractivity contribution is 5.86. The van der Waals surface area contributed by atoms with Crippen LogP contribution in [0.15, 0.2) is 0 Å². The molecule has 5 rings (SSSR count). The normalized spacial score (nSPS) is 34.6. The van der Waals surface area contributed by atoms with Crippen LogP contribution in [0.4, 0.5) is 0 Å². The highest BCUT2D eigenvalue weighted by Gasteiger charge is 2.48. The molecule has 5 aliphatic rings. The lowest BCUT2D eigenvalue weighted by Crippen LogP contribution is -2.44. The smallest absolute Gasteiger partial charge is 0.228 e. The number of hydrogen-bond acceptors (Lipinski definition) is 3. The van der Waals surface area contributed by atoms with Crippen LogP contribution in [0.25, 0.3) is 0 Å². The fourth-order valence-corrected chi connectivity index (χ4v) is 7.35. The first kappa shape index (κ1) is 23.5. The Morgan fingerprint density at radius 3 is 2.00 bits per heavy atom. The summed E-state index contributed by atoms with van der Waals surface area (Å²) in [6.07, 6.45) is 17.7. The summed E-state index contributed by atoms with van der Waals surface area (Å²) in [5, 5.41) is 0. The lowest BCUT2D eigenvalue weighted by molar-refractivity contribution is -0.140. The van der Waals surface area contributed by atoms with Crippen molar-refractivity contribution in [2.45, 2.75) is 110 Å². The van der Waals surface area contributed by atoms with E-state index in [9.17, 15) is 14.4 Å². The summed E-state index contributed by atoms with van der Waals surface area (Å²) >= 11 is 0. The van der Waals surface area contributed by atoms with E-state index in [1.54, 1.807) is 0 Å². The molecule has 2 unspecified atom stereocenters. The van der Waals surface area contributed by atoms with Crippen molar-refractivity contribution >= 4 is 17.5 Å². The first-order chi connectivity index (χ1) is 15.9. The lowest BCUT2D eigenvalue weighted by Gasteiger charge is -2.39. The molecule has 0 aromatic heterocycles. The van der Waals surface area contributed by atoms with Gasteiger partial charge in [-0.3, -0.25) is 14.4 Å². The van der Waals surface area contributed by atoms with Crippen molar-refractivity contribution in [1.29, 1.82) is 0 Å². The second-order valence-electron chi connectivity index (χ2n) is 12.8. The third-order valence-electron chi connectivity index (χ3n) is 10.1. The van der Waals surface area contributed by atoms with Crippen LogP contribution >= 0.6 is 0 Å². The molecule has 1 heterocycles. The Morgan fingerprint density at radius 2 is 1.36 bits per heavy atom. The topological polar surface area (TPSA) is 54.5 Å². The molecule has 0 N–H and O–H groups in total. The molecule has 2 atom stereocenters. The molecule has 0 bridgehead atoms. The van der Waals surface area contributed by atoms with Crippen LogP contribution in [0.3, 0.4) is 0 Å². The molecular weight excluding hydrogens is 410 g/mol. The SMILES string of the molecule is CC1(C(=O)N2CCC(C(=O)C3CCC(C4CCCC(CC(=O)CC5CC5)C4)CC3)CC2)CC1. The number of Topliss-reactive ketones (excluding diaryl/α,β-unsaturated/α-hetero) is 2. The minimum atomic E-state index is -0.0855. The summed E-state index contributed by atoms with van der Waals surface area (Å²) in [4.78, 5) is 40.2. The van der Waals surface area contributed by atoms with Crippen molar-refractivity contribution in [3.8, 4) is 0 Å². The van der Waals surface area contributed by atoms with Crippen LogP contribution in [0.5, 0.6) is 0 Å². The predicted octanol–water partition coefficient (Wildman–Crippen LogP) is 5.97. The Hall–Kier alpha value is -1.19. The molecule has 1 aliphatic heterocycles. The number of carbonyl (C=O) groups excluding carboxylic acids is 3. The van der Waals surface area contributed by atoms with Gasteiger partial charge < -0.3 is 4.90 Å². The molecular formula is C29H45NO3. The third kappa shape index (κ3) is 5.73. The van der Waals surface area contributed by atoms with E-state index in [2.05, 4.69) is 6.92 Å². The van der Waals surface area contributed by atoms with E-state index in [1.807, 2.05) is 4.90 Å². The van der Waals surface area contributed by atoms with Crippen molar-refractivity contribution in [3.63, 3.8) is 0 Å². The summed E-state index contributed by atoms with van der Waals surface area (Å²) in [6.45, 7) is 3.65. The molecule has 0 spiro atoms. The van der Waals surface area contributed by atoms with Gasteiger partial charge in [0.2, 0.25) is 5.91 Å². The fourth-order valence-electron chi connectivity index (χ4n) is 7.35. The maximum Gasteiger partial charge on any atom is 0.228 e. The number of piperidine rings is 1. The van der Waals surface area contributed by atoms with Crippen LogP contribution in [-0.2, 0) is 14.4 Å². The van der Waals surface area contributed by atoms with E-state index in [0.29, 0.717) is 23.4 Å². The summed E-state index contributed by atoms with van der Waals surface area (Å²) < 4.78 is 0. The minimum Gasteiger partial charge on any atom is -0.342 e. The van der Waals surface area contributed by atoms with E-state index in [-0.39, 0.29) is 17.3 Å². The van der Waals surface area contributed by atoms with Crippen molar-refractivity contribution < 1.29 is 14.4 Å². The largest absolute Gasteiger partial charge is 0.342 e. The summed E-state index contributed by atoms with van der Waals surface area (Å²) in [7, 11) is 0. The average molecular weight is 456 g/mol. The number of rotatable bonds is 8. The van der Waals surface area contributed by atoms with Gasteiger partial charge in [-0.25, -0.2) is 0 Å². The van der Waals surface area contributed by atoms with Crippen LogP contribution in [0, 0.1) is 40.9 Å². The predicted molar refractivity (Wildman–Crippen MR) is 130 cm³/mol. The first-order valence-corrected chi connectivity index (χ1v) is 14.3. The van der Waals surface area contributed by atoms with Gasteiger partial charge in [0.05, 0.1) is 0 Å². The van der Waals surface area contributed by atoms with Crippen molar-refractivity contribution in [2.24, 2.45) is 40.9 Å². The van der Waals surface area contributed by atoms with Gasteiger partial charge >= 0.3 is 0 Å². The highest BCUT2D eigenvalue weighted by Crippen LogP contribution is 2.47. The van der Waals surface area contributed by atoms with Gasteiger partial charge in [-0.1, -0.05) is 26.2 Å². The van der Waals surface area contributed by atoms with Crippen LogP contribution in [-0.4, -0.2) is 35.5 Å². The molecule has 5 fully saturated rings. The standard InChI is InChI=1S/C29H45NO3/c1-29(13-14-29)28(33)30-15-11-24(12-16-30)27(32)23-9-7-22(8-10-23)25-4-2-3-21(17-25)19-26(31)18-20-5-6-20/h20-25H,2-19H2,1H3. The molecule has 4 heteroatoms. The molecule has 4 aliphatic carbocycles. The molecule has 0 radical (unpaired) electrons. The van der Waals surface area contributed by atoms with Crippen LogP contribution < -0.4 is 0 Å². The van der Waals surface area contributed by atoms with Crippen LogP contribution in [0.1, 0.15) is 110 Å². The van der Waals surface area contributed by atoms with Gasteiger partial charge in [0, 0.05) is 43.2 Å². The van der Waals surface area contributed by atoms with E-state index in [1.165, 1.54) is 51.4 Å². The molecule has 4 nitrogen and oxygen atoms in total. The maximum absolute atomic E-state index is 13.2. The van der Waals surface area contributed by atoms with Gasteiger partial charge in [-0.05, 0) is 94.3 Å². The minimum absolute atomic E-state index is 0.0855. The van der Waals surface area contributed by atoms with Crippen molar-refractivity contribution in [3.05, 3.63) is 0 Å². The van der Waals surface area contributed by atoms with Crippen LogP contribution in [0.2, 0.25) is 0 Å². The molecule has 1 saturated heterocycles. The number of likely N-dealkylation sites (tertiary alicyclic amines) is 1.